The third-order valence-corrected chi connectivity index (χ3v) is 10.2. The predicted molar refractivity (Wildman–Crippen MR) is 181 cm³/mol. The number of likely N-dealkylation sites (N-methyl/N-ethyl adjacent to an activating group) is 1. The number of methoxy groups -OCH3 is 1. The van der Waals surface area contributed by atoms with Crippen LogP contribution in [0.25, 0.3) is 0 Å². The van der Waals surface area contributed by atoms with E-state index in [1.165, 1.54) is 45.6 Å². The molecular weight excluding hydrogens is 582 g/mol. The summed E-state index contributed by atoms with van der Waals surface area (Å²) in [5.74, 6) is 2.41. The van der Waals surface area contributed by atoms with Gasteiger partial charge < -0.3 is 24.8 Å². The Bertz CT molecular complexity index is 1380. The highest BCUT2D eigenvalue weighted by molar-refractivity contribution is 6.04. The molecule has 2 aliphatic carbocycles. The van der Waals surface area contributed by atoms with E-state index in [0.717, 1.165) is 31.6 Å². The first-order chi connectivity index (χ1) is 22.2. The van der Waals surface area contributed by atoms with E-state index >= 15 is 0 Å². The first-order valence-electron chi connectivity index (χ1n) is 17.2. The van der Waals surface area contributed by atoms with E-state index in [2.05, 4.69) is 49.7 Å². The number of hydrogen-bond acceptors (Lipinski definition) is 10. The zero-order chi connectivity index (χ0) is 32.4. The van der Waals surface area contributed by atoms with Crippen molar-refractivity contribution in [2.45, 2.75) is 89.9 Å². The normalized spacial score (nSPS) is 24.2. The molecule has 2 aliphatic heterocycles. The molecule has 2 amide bonds. The number of fused-ring (bicyclic) bond motifs is 1. The smallest absolute Gasteiger partial charge is 0.265 e. The number of carbonyl (C=O) groups is 2. The summed E-state index contributed by atoms with van der Waals surface area (Å²) in [4.78, 5) is 44.4. The van der Waals surface area contributed by atoms with Crippen molar-refractivity contribution in [3.8, 4) is 5.75 Å². The third-order valence-electron chi connectivity index (χ3n) is 10.2. The fourth-order valence-corrected chi connectivity index (χ4v) is 7.30. The Labute approximate surface area is 273 Å². The van der Waals surface area contributed by atoms with E-state index in [1.54, 1.807) is 43.5 Å². The summed E-state index contributed by atoms with van der Waals surface area (Å²) in [5.41, 5.74) is 8.04. The molecule has 2 aromatic rings. The number of hydrazine groups is 1. The fourth-order valence-electron chi connectivity index (χ4n) is 7.30. The molecule has 46 heavy (non-hydrogen) atoms. The lowest BCUT2D eigenvalue weighted by Gasteiger charge is -2.42. The molecule has 3 fully saturated rings. The minimum Gasteiger partial charge on any atom is -0.495 e. The van der Waals surface area contributed by atoms with Crippen molar-refractivity contribution in [1.29, 1.82) is 0 Å². The van der Waals surface area contributed by atoms with Crippen LogP contribution in [0.15, 0.2) is 24.4 Å². The number of amides is 2. The molecule has 3 N–H and O–H groups in total. The van der Waals surface area contributed by atoms with Crippen molar-refractivity contribution in [2.75, 3.05) is 62.0 Å². The molecule has 12 nitrogen and oxygen atoms in total. The lowest BCUT2D eigenvalue weighted by Crippen LogP contribution is -2.54. The van der Waals surface area contributed by atoms with Crippen LogP contribution in [0.3, 0.4) is 0 Å². The summed E-state index contributed by atoms with van der Waals surface area (Å²) in [6.07, 6.45) is 9.64. The van der Waals surface area contributed by atoms with Crippen LogP contribution in [0.5, 0.6) is 5.75 Å². The fraction of sp³-hybridized carbons (Fsp3) is 0.647. The molecule has 0 spiro atoms. The zero-order valence-corrected chi connectivity index (χ0v) is 28.1. The standard InChI is InChI=1S/C34H51N9O3/c1-6-28-33(45)40(4)29-20-35-34(37-31(29)43(28)22(2)3)36-27-14-9-24(19-30(27)46-5)32(44)39-38-25-10-12-26(13-11-25)42-17-15-41(16-18-42)21-23-7-8-23/h9,14,19-20,22-23,25-26,28,38H,6-8,10-13,15-18,21H2,1-5H3,(H,39,44)(H,35,36,37)/t25?,26?,28-/m1/s1. The van der Waals surface area contributed by atoms with Gasteiger partial charge >= 0.3 is 0 Å². The van der Waals surface area contributed by atoms with Crippen molar-refractivity contribution < 1.29 is 14.3 Å². The first-order valence-corrected chi connectivity index (χ1v) is 17.2. The summed E-state index contributed by atoms with van der Waals surface area (Å²) >= 11 is 0. The Hall–Kier alpha value is -3.48. The van der Waals surface area contributed by atoms with Gasteiger partial charge in [0.25, 0.3) is 5.91 Å². The summed E-state index contributed by atoms with van der Waals surface area (Å²) in [7, 11) is 3.34. The van der Waals surface area contributed by atoms with Crippen LogP contribution in [-0.2, 0) is 4.79 Å². The second-order valence-corrected chi connectivity index (χ2v) is 13.6. The average molecular weight is 634 g/mol. The third kappa shape index (κ3) is 7.08. The molecule has 1 saturated heterocycles. The summed E-state index contributed by atoms with van der Waals surface area (Å²) in [5, 5.41) is 3.25. The molecule has 4 aliphatic rings. The highest BCUT2D eigenvalue weighted by Crippen LogP contribution is 2.37. The molecule has 1 atom stereocenters. The number of nitrogens with zero attached hydrogens (tertiary/aromatic N) is 6. The summed E-state index contributed by atoms with van der Waals surface area (Å²) in [6.45, 7) is 12.2. The maximum absolute atomic E-state index is 13.1. The molecule has 0 bridgehead atoms. The van der Waals surface area contributed by atoms with Crippen LogP contribution in [0.2, 0.25) is 0 Å². The van der Waals surface area contributed by atoms with Gasteiger partial charge in [-0.2, -0.15) is 4.98 Å². The monoisotopic (exact) mass is 633 g/mol. The number of benzene rings is 1. The van der Waals surface area contributed by atoms with Gasteiger partial charge in [-0.25, -0.2) is 10.4 Å². The molecular formula is C34H51N9O3. The molecule has 0 unspecified atom stereocenters. The van der Waals surface area contributed by atoms with Crippen LogP contribution < -0.4 is 30.7 Å². The van der Waals surface area contributed by atoms with Gasteiger partial charge in [0.1, 0.15) is 17.5 Å². The van der Waals surface area contributed by atoms with E-state index in [-0.39, 0.29) is 29.9 Å². The van der Waals surface area contributed by atoms with Crippen LogP contribution in [0.1, 0.15) is 76.1 Å². The Morgan fingerprint density at radius 2 is 1.80 bits per heavy atom. The number of hydrogen-bond donors (Lipinski definition) is 3. The van der Waals surface area contributed by atoms with Crippen molar-refractivity contribution >= 4 is 35.0 Å². The molecule has 1 aromatic heterocycles. The van der Waals surface area contributed by atoms with E-state index in [1.807, 2.05) is 6.92 Å². The van der Waals surface area contributed by atoms with Crippen LogP contribution in [0.4, 0.5) is 23.1 Å². The minimum atomic E-state index is -0.284. The summed E-state index contributed by atoms with van der Waals surface area (Å²) < 4.78 is 5.65. The molecule has 2 saturated carbocycles. The second kappa shape index (κ2) is 14.1. The molecule has 6 rings (SSSR count). The van der Waals surface area contributed by atoms with Gasteiger partial charge in [0.15, 0.2) is 5.82 Å². The molecule has 0 radical (unpaired) electrons. The maximum Gasteiger partial charge on any atom is 0.265 e. The SMILES string of the molecule is CC[C@@H]1C(=O)N(C)c2cnc(Nc3ccc(C(=O)NNC4CCC(N5CCN(CC6CC6)CC5)CC4)cc3OC)nc2N1C(C)C. The summed E-state index contributed by atoms with van der Waals surface area (Å²) in [6, 6.07) is 6.01. The van der Waals surface area contributed by atoms with Crippen LogP contribution in [-0.4, -0.2) is 103 Å². The topological polar surface area (TPSA) is 118 Å². The Morgan fingerprint density at radius 3 is 2.46 bits per heavy atom. The van der Waals surface area contributed by atoms with Gasteiger partial charge in [0.05, 0.1) is 19.0 Å². The number of nitrogens with one attached hydrogen (secondary N) is 3. The van der Waals surface area contributed by atoms with Gasteiger partial charge in [-0.1, -0.05) is 6.92 Å². The van der Waals surface area contributed by atoms with Crippen molar-refractivity contribution in [1.82, 2.24) is 30.6 Å². The van der Waals surface area contributed by atoms with Gasteiger partial charge in [0, 0.05) is 63.5 Å². The number of anilines is 4. The molecule has 3 heterocycles. The predicted octanol–water partition coefficient (Wildman–Crippen LogP) is 3.77. The Balaban J connectivity index is 1.02. The molecule has 12 heteroatoms. The van der Waals surface area contributed by atoms with E-state index in [9.17, 15) is 9.59 Å². The van der Waals surface area contributed by atoms with E-state index in [4.69, 9.17) is 9.72 Å². The van der Waals surface area contributed by atoms with Gasteiger partial charge in [0.2, 0.25) is 11.9 Å². The maximum atomic E-state index is 13.1. The second-order valence-electron chi connectivity index (χ2n) is 13.6. The largest absolute Gasteiger partial charge is 0.495 e. The van der Waals surface area contributed by atoms with Gasteiger partial charge in [-0.05, 0) is 82.9 Å². The minimum absolute atomic E-state index is 0.0404. The van der Waals surface area contributed by atoms with E-state index in [0.29, 0.717) is 46.9 Å². The molecule has 1 aromatic carbocycles. The van der Waals surface area contributed by atoms with Crippen molar-refractivity contribution in [2.24, 2.45) is 5.92 Å². The van der Waals surface area contributed by atoms with Crippen molar-refractivity contribution in [3.05, 3.63) is 30.0 Å². The number of piperazine rings is 1. The van der Waals surface area contributed by atoms with Crippen LogP contribution >= 0.6 is 0 Å². The van der Waals surface area contributed by atoms with Gasteiger partial charge in [-0.3, -0.25) is 19.9 Å². The highest BCUT2D eigenvalue weighted by atomic mass is 16.5. The lowest BCUT2D eigenvalue weighted by molar-refractivity contribution is -0.120. The Morgan fingerprint density at radius 1 is 1.07 bits per heavy atom. The zero-order valence-electron chi connectivity index (χ0n) is 28.1. The van der Waals surface area contributed by atoms with Crippen LogP contribution in [0, 0.1) is 5.92 Å². The number of carbonyl (C=O) groups excluding carboxylic acids is 2. The lowest BCUT2D eigenvalue weighted by atomic mass is 9.90. The number of aromatic nitrogens is 2. The van der Waals surface area contributed by atoms with Gasteiger partial charge in [-0.15, -0.1) is 0 Å². The first kappa shape index (κ1) is 32.5. The number of rotatable bonds is 11. The number of ether oxygens (including phenoxy) is 1. The molecule has 250 valence electrons. The average Bonchev–Trinajstić information content (AvgIpc) is 3.89. The Kier molecular flexibility index (Phi) is 9.95. The highest BCUT2D eigenvalue weighted by Gasteiger charge is 2.38. The van der Waals surface area contributed by atoms with E-state index < -0.39 is 0 Å². The van der Waals surface area contributed by atoms with Crippen molar-refractivity contribution in [3.63, 3.8) is 0 Å². The quantitative estimate of drug-likeness (QED) is 0.316.